The van der Waals surface area contributed by atoms with Gasteiger partial charge in [0.05, 0.1) is 12.5 Å². The van der Waals surface area contributed by atoms with Crippen LogP contribution < -0.4 is 15.2 Å². The highest BCUT2D eigenvalue weighted by Gasteiger charge is 2.48. The van der Waals surface area contributed by atoms with Gasteiger partial charge in [-0.3, -0.25) is 24.2 Å². The summed E-state index contributed by atoms with van der Waals surface area (Å²) in [6, 6.07) is 12.7. The van der Waals surface area contributed by atoms with Crippen molar-refractivity contribution in [2.75, 3.05) is 40.0 Å². The van der Waals surface area contributed by atoms with Crippen LogP contribution in [0.15, 0.2) is 42.5 Å². The Morgan fingerprint density at radius 2 is 1.85 bits per heavy atom. The zero-order valence-electron chi connectivity index (χ0n) is 26.9. The van der Waals surface area contributed by atoms with Gasteiger partial charge in [0.15, 0.2) is 11.5 Å². The number of nitrogens with zero attached hydrogens (tertiary/aromatic N) is 3. The number of carboxylic acid groups (broad SMARTS) is 1. The summed E-state index contributed by atoms with van der Waals surface area (Å²) in [7, 11) is 1.47. The number of benzene rings is 2. The Morgan fingerprint density at radius 3 is 2.61 bits per heavy atom. The molecule has 2 saturated heterocycles. The van der Waals surface area contributed by atoms with Gasteiger partial charge in [-0.2, -0.15) is 0 Å². The molecule has 248 valence electrons. The molecule has 3 aliphatic rings. The fourth-order valence-electron chi connectivity index (χ4n) is 7.16. The van der Waals surface area contributed by atoms with Crippen molar-refractivity contribution in [3.05, 3.63) is 59.2 Å². The van der Waals surface area contributed by atoms with Gasteiger partial charge in [0.2, 0.25) is 12.7 Å². The standard InChI is InChI=1S/C35H46N4O7/c1-3-4-5-9-26(17-23-7-6-8-24(16-23)19-36)29(40)21-39-20-27(25-10-11-30-31(18-25)46-22-45-30)33(34(42)43)28(39)12-14-38-15-13-32(41)37(2)35(38)44/h6-8,10-11,16,18,26-28,33H,3-5,9,12-15,17,19-22,36H2,1-2H3,(H,42,43)/t26?,27-,28+,33-/m1/s1. The van der Waals surface area contributed by atoms with Crippen LogP contribution >= 0.6 is 0 Å². The van der Waals surface area contributed by atoms with Crippen molar-refractivity contribution < 1.29 is 33.8 Å². The molecule has 0 spiro atoms. The second kappa shape index (κ2) is 15.1. The van der Waals surface area contributed by atoms with Gasteiger partial charge in [0.25, 0.3) is 0 Å². The van der Waals surface area contributed by atoms with Crippen LogP contribution in [-0.4, -0.2) is 89.6 Å². The Kier molecular flexibility index (Phi) is 11.0. The molecule has 0 saturated carbocycles. The summed E-state index contributed by atoms with van der Waals surface area (Å²) in [6.07, 6.45) is 4.96. The van der Waals surface area contributed by atoms with E-state index in [1.807, 2.05) is 35.2 Å². The third-order valence-corrected chi connectivity index (χ3v) is 9.76. The van der Waals surface area contributed by atoms with Crippen LogP contribution in [0.3, 0.4) is 0 Å². The van der Waals surface area contributed by atoms with Crippen LogP contribution in [0.1, 0.15) is 68.1 Å². The fourth-order valence-corrected chi connectivity index (χ4v) is 7.16. The normalized spacial score (nSPS) is 22.0. The molecule has 3 aliphatic heterocycles. The number of rotatable bonds is 15. The highest BCUT2D eigenvalue weighted by molar-refractivity contribution is 5.96. The molecule has 0 aromatic heterocycles. The number of hydrogen-bond acceptors (Lipinski definition) is 8. The van der Waals surface area contributed by atoms with Gasteiger partial charge in [0.1, 0.15) is 5.78 Å². The fraction of sp³-hybridized carbons (Fsp3) is 0.543. The molecule has 3 N–H and O–H groups in total. The number of nitrogens with two attached hydrogens (primary N) is 1. The smallest absolute Gasteiger partial charge is 0.326 e. The number of carbonyl (C=O) groups is 4. The van der Waals surface area contributed by atoms with Gasteiger partial charge in [-0.05, 0) is 48.1 Å². The van der Waals surface area contributed by atoms with Gasteiger partial charge >= 0.3 is 12.0 Å². The zero-order valence-corrected chi connectivity index (χ0v) is 26.9. The molecule has 0 bridgehead atoms. The van der Waals surface area contributed by atoms with E-state index in [-0.39, 0.29) is 49.9 Å². The molecule has 1 unspecified atom stereocenters. The van der Waals surface area contributed by atoms with Crippen LogP contribution in [0.5, 0.6) is 11.5 Å². The Bertz CT molecular complexity index is 1430. The molecule has 2 aromatic carbocycles. The molecule has 5 rings (SSSR count). The van der Waals surface area contributed by atoms with E-state index in [0.717, 1.165) is 47.3 Å². The number of urea groups is 1. The van der Waals surface area contributed by atoms with Crippen molar-refractivity contribution in [3.8, 4) is 11.5 Å². The number of fused-ring (bicyclic) bond motifs is 1. The topological polar surface area (TPSA) is 143 Å². The zero-order chi connectivity index (χ0) is 32.8. The molecular formula is C35H46N4O7. The largest absolute Gasteiger partial charge is 0.481 e. The number of imide groups is 1. The molecule has 11 heteroatoms. The highest BCUT2D eigenvalue weighted by atomic mass is 16.7. The van der Waals surface area contributed by atoms with Crippen molar-refractivity contribution in [3.63, 3.8) is 0 Å². The molecule has 4 atom stereocenters. The molecule has 2 fully saturated rings. The Labute approximate surface area is 270 Å². The van der Waals surface area contributed by atoms with E-state index in [4.69, 9.17) is 15.2 Å². The lowest BCUT2D eigenvalue weighted by molar-refractivity contribution is -0.143. The summed E-state index contributed by atoms with van der Waals surface area (Å²) in [5, 5.41) is 10.6. The average Bonchev–Trinajstić information content (AvgIpc) is 3.67. The molecule has 46 heavy (non-hydrogen) atoms. The van der Waals surface area contributed by atoms with Crippen LogP contribution in [-0.2, 0) is 27.3 Å². The molecule has 0 radical (unpaired) electrons. The van der Waals surface area contributed by atoms with E-state index in [0.29, 0.717) is 44.0 Å². The first-order chi connectivity index (χ1) is 22.2. The second-order valence-electron chi connectivity index (χ2n) is 12.7. The maximum absolute atomic E-state index is 14.1. The number of ketones is 1. The first-order valence-corrected chi connectivity index (χ1v) is 16.4. The SMILES string of the molecule is CCCCCC(Cc1cccc(CN)c1)C(=O)CN1C[C@H](c2ccc3c(c2)OCO3)[C@@H](C(=O)O)[C@@H]1CCN1CCC(=O)N(C)C1=O. The van der Waals surface area contributed by atoms with Crippen molar-refractivity contribution in [1.82, 2.24) is 14.7 Å². The van der Waals surface area contributed by atoms with Gasteiger partial charge < -0.3 is 25.2 Å². The van der Waals surface area contributed by atoms with E-state index in [9.17, 15) is 24.3 Å². The number of hydrogen-bond donors (Lipinski definition) is 2. The number of likely N-dealkylation sites (tertiary alicyclic amines) is 1. The van der Waals surface area contributed by atoms with Gasteiger partial charge in [-0.25, -0.2) is 4.79 Å². The number of carboxylic acids is 1. The van der Waals surface area contributed by atoms with Crippen molar-refractivity contribution in [2.45, 2.75) is 70.4 Å². The lowest BCUT2D eigenvalue weighted by Crippen LogP contribution is -2.51. The van der Waals surface area contributed by atoms with E-state index in [2.05, 4.69) is 13.0 Å². The van der Waals surface area contributed by atoms with Gasteiger partial charge in [-0.1, -0.05) is 56.5 Å². The summed E-state index contributed by atoms with van der Waals surface area (Å²) < 4.78 is 11.1. The van der Waals surface area contributed by atoms with Crippen LogP contribution in [0.4, 0.5) is 4.79 Å². The van der Waals surface area contributed by atoms with Crippen LogP contribution in [0, 0.1) is 11.8 Å². The predicted molar refractivity (Wildman–Crippen MR) is 171 cm³/mol. The lowest BCUT2D eigenvalue weighted by Gasteiger charge is -2.34. The molecule has 2 aromatic rings. The van der Waals surface area contributed by atoms with E-state index >= 15 is 0 Å². The molecule has 3 amide bonds. The second-order valence-corrected chi connectivity index (χ2v) is 12.7. The van der Waals surface area contributed by atoms with Crippen LogP contribution in [0.2, 0.25) is 0 Å². The van der Waals surface area contributed by atoms with Gasteiger partial charge in [0, 0.05) is 57.5 Å². The maximum atomic E-state index is 14.1. The first-order valence-electron chi connectivity index (χ1n) is 16.4. The minimum Gasteiger partial charge on any atom is -0.481 e. The van der Waals surface area contributed by atoms with E-state index < -0.39 is 23.8 Å². The number of carbonyl (C=O) groups excluding carboxylic acids is 3. The summed E-state index contributed by atoms with van der Waals surface area (Å²) in [6.45, 7) is 3.76. The Balaban J connectivity index is 1.40. The van der Waals surface area contributed by atoms with E-state index in [1.165, 1.54) is 7.05 Å². The van der Waals surface area contributed by atoms with Crippen molar-refractivity contribution >= 4 is 23.7 Å². The number of unbranched alkanes of at least 4 members (excludes halogenated alkanes) is 2. The minimum atomic E-state index is -0.946. The van der Waals surface area contributed by atoms with Gasteiger partial charge in [-0.15, -0.1) is 0 Å². The average molecular weight is 635 g/mol. The number of Topliss-reactive ketones (excluding diaryl/α,β-unsaturated/α-hetero) is 1. The minimum absolute atomic E-state index is 0.0918. The number of ether oxygens (including phenoxy) is 2. The predicted octanol–water partition coefficient (Wildman–Crippen LogP) is 4.03. The lowest BCUT2D eigenvalue weighted by atomic mass is 9.84. The summed E-state index contributed by atoms with van der Waals surface area (Å²) in [5.41, 5.74) is 8.79. The Hall–Kier alpha value is -3.96. The summed E-state index contributed by atoms with van der Waals surface area (Å²) in [5.74, 6) is -1.31. The highest BCUT2D eigenvalue weighted by Crippen LogP contribution is 2.43. The monoisotopic (exact) mass is 634 g/mol. The molecule has 0 aliphatic carbocycles. The van der Waals surface area contributed by atoms with Crippen molar-refractivity contribution in [1.29, 1.82) is 0 Å². The molecule has 3 heterocycles. The molecule has 11 nitrogen and oxygen atoms in total. The number of aliphatic carboxylic acids is 1. The van der Waals surface area contributed by atoms with Crippen molar-refractivity contribution in [2.24, 2.45) is 17.6 Å². The maximum Gasteiger partial charge on any atom is 0.326 e. The third kappa shape index (κ3) is 7.53. The summed E-state index contributed by atoms with van der Waals surface area (Å²) in [4.78, 5) is 56.8. The third-order valence-electron chi connectivity index (χ3n) is 9.76. The first kappa shape index (κ1) is 33.4. The quantitative estimate of drug-likeness (QED) is 0.278. The molecular weight excluding hydrogens is 588 g/mol. The van der Waals surface area contributed by atoms with E-state index in [1.54, 1.807) is 11.0 Å². The Morgan fingerprint density at radius 1 is 1.07 bits per heavy atom. The number of amides is 3. The summed E-state index contributed by atoms with van der Waals surface area (Å²) >= 11 is 0. The van der Waals surface area contributed by atoms with Crippen LogP contribution in [0.25, 0.3) is 0 Å².